The Morgan fingerprint density at radius 1 is 1.05 bits per heavy atom. The second-order valence-electron chi connectivity index (χ2n) is 11.6. The van der Waals surface area contributed by atoms with E-state index in [1.807, 2.05) is 36.4 Å². The zero-order valence-corrected chi connectivity index (χ0v) is 24.2. The van der Waals surface area contributed by atoms with Crippen molar-refractivity contribution in [2.24, 2.45) is 5.41 Å². The summed E-state index contributed by atoms with van der Waals surface area (Å²) in [5.74, 6) is 0.127. The molecular formula is C31H45ClN4O2. The Balaban J connectivity index is 1.42. The van der Waals surface area contributed by atoms with Gasteiger partial charge in [-0.2, -0.15) is 0 Å². The lowest BCUT2D eigenvalue weighted by Gasteiger charge is -2.35. The standard InChI is InChI=1S/C31H45ClN4O2/c1-4-31(3,5-2)22-36-18-13-27(34-28(30(36)38)14-17-35-15-7-6-8-16-35)21-33-29(37)25-10-9-24-20-26(32)12-11-23(24)19-25/h9-12,19-20,27-28,34H,4-8,13-18,21-22H2,1-3H3,(H,33,37)/t27-,28-/m0/s1. The predicted molar refractivity (Wildman–Crippen MR) is 157 cm³/mol. The quantitative estimate of drug-likeness (QED) is 0.418. The van der Waals surface area contributed by atoms with Crippen LogP contribution in [0.3, 0.4) is 0 Å². The number of hydrogen-bond donors (Lipinski definition) is 2. The molecule has 6 nitrogen and oxygen atoms in total. The molecule has 0 saturated carbocycles. The fourth-order valence-electron chi connectivity index (χ4n) is 5.71. The van der Waals surface area contributed by atoms with Crippen LogP contribution in [-0.4, -0.2) is 73.0 Å². The smallest absolute Gasteiger partial charge is 0.251 e. The van der Waals surface area contributed by atoms with Crippen LogP contribution >= 0.6 is 11.6 Å². The second-order valence-corrected chi connectivity index (χ2v) is 12.0. The minimum absolute atomic E-state index is 0.0491. The highest BCUT2D eigenvalue weighted by Gasteiger charge is 2.34. The molecule has 0 bridgehead atoms. The molecule has 2 heterocycles. The first-order chi connectivity index (χ1) is 18.3. The van der Waals surface area contributed by atoms with E-state index >= 15 is 0 Å². The largest absolute Gasteiger partial charge is 0.350 e. The molecular weight excluding hydrogens is 496 g/mol. The number of halogens is 1. The Labute approximate surface area is 233 Å². The Morgan fingerprint density at radius 3 is 2.50 bits per heavy atom. The molecule has 0 unspecified atom stereocenters. The number of nitrogens with one attached hydrogen (secondary N) is 2. The minimum Gasteiger partial charge on any atom is -0.350 e. The maximum atomic E-state index is 13.7. The molecule has 7 heteroatoms. The fraction of sp³-hybridized carbons (Fsp3) is 0.613. The van der Waals surface area contributed by atoms with Crippen molar-refractivity contribution in [2.75, 3.05) is 39.3 Å². The van der Waals surface area contributed by atoms with Gasteiger partial charge in [0.15, 0.2) is 0 Å². The van der Waals surface area contributed by atoms with Crippen molar-refractivity contribution in [1.82, 2.24) is 20.4 Å². The van der Waals surface area contributed by atoms with Crippen LogP contribution in [0.2, 0.25) is 5.02 Å². The Bertz CT molecular complexity index is 1100. The third-order valence-corrected chi connectivity index (χ3v) is 9.07. The molecule has 38 heavy (non-hydrogen) atoms. The first kappa shape index (κ1) is 28.8. The van der Waals surface area contributed by atoms with Crippen molar-refractivity contribution in [3.05, 3.63) is 47.0 Å². The summed E-state index contributed by atoms with van der Waals surface area (Å²) in [6.45, 7) is 11.9. The maximum absolute atomic E-state index is 13.7. The van der Waals surface area contributed by atoms with Gasteiger partial charge in [0.05, 0.1) is 6.04 Å². The first-order valence-corrected chi connectivity index (χ1v) is 14.9. The second kappa shape index (κ2) is 13.3. The summed E-state index contributed by atoms with van der Waals surface area (Å²) in [5.41, 5.74) is 0.760. The van der Waals surface area contributed by atoms with Crippen LogP contribution in [-0.2, 0) is 4.79 Å². The SMILES string of the molecule is CCC(C)(CC)CN1CC[C@@H](CNC(=O)c2ccc3cc(Cl)ccc3c2)N[C@@H](CCN2CCCCC2)C1=O. The van der Waals surface area contributed by atoms with E-state index in [4.69, 9.17) is 11.6 Å². The number of carbonyl (C=O) groups is 2. The zero-order valence-electron chi connectivity index (χ0n) is 23.4. The summed E-state index contributed by atoms with van der Waals surface area (Å²) >= 11 is 6.10. The van der Waals surface area contributed by atoms with E-state index in [0.717, 1.165) is 69.2 Å². The van der Waals surface area contributed by atoms with E-state index in [-0.39, 0.29) is 29.3 Å². The molecule has 2 aliphatic rings. The number of benzene rings is 2. The molecule has 2 aliphatic heterocycles. The van der Waals surface area contributed by atoms with E-state index in [2.05, 4.69) is 41.2 Å². The molecule has 2 atom stereocenters. The van der Waals surface area contributed by atoms with Crippen LogP contribution in [0.15, 0.2) is 36.4 Å². The number of rotatable bonds is 10. The molecule has 2 aromatic rings. The number of hydrogen-bond acceptors (Lipinski definition) is 4. The van der Waals surface area contributed by atoms with E-state index in [9.17, 15) is 9.59 Å². The summed E-state index contributed by atoms with van der Waals surface area (Å²) in [6.07, 6.45) is 7.55. The summed E-state index contributed by atoms with van der Waals surface area (Å²) in [6, 6.07) is 11.2. The predicted octanol–water partition coefficient (Wildman–Crippen LogP) is 5.48. The molecule has 0 radical (unpaired) electrons. The van der Waals surface area contributed by atoms with E-state index in [0.29, 0.717) is 17.1 Å². The summed E-state index contributed by atoms with van der Waals surface area (Å²) in [5, 5.41) is 9.47. The van der Waals surface area contributed by atoms with Crippen LogP contribution in [0.5, 0.6) is 0 Å². The van der Waals surface area contributed by atoms with Crippen molar-refractivity contribution in [3.8, 4) is 0 Å². The first-order valence-electron chi connectivity index (χ1n) is 14.5. The maximum Gasteiger partial charge on any atom is 0.251 e. The Morgan fingerprint density at radius 2 is 1.76 bits per heavy atom. The Kier molecular flexibility index (Phi) is 10.1. The molecule has 0 aliphatic carbocycles. The number of amides is 2. The van der Waals surface area contributed by atoms with Gasteiger partial charge in [-0.05, 0) is 92.1 Å². The van der Waals surface area contributed by atoms with Gasteiger partial charge in [-0.15, -0.1) is 0 Å². The highest BCUT2D eigenvalue weighted by Crippen LogP contribution is 2.28. The lowest BCUT2D eigenvalue weighted by atomic mass is 9.84. The number of likely N-dealkylation sites (tertiary alicyclic amines) is 1. The normalized spacial score (nSPS) is 21.5. The van der Waals surface area contributed by atoms with Gasteiger partial charge in [0, 0.05) is 42.8 Å². The van der Waals surface area contributed by atoms with E-state index in [1.54, 1.807) is 0 Å². The van der Waals surface area contributed by atoms with Gasteiger partial charge in [0.1, 0.15) is 0 Å². The molecule has 0 aromatic heterocycles. The molecule has 2 aromatic carbocycles. The minimum atomic E-state index is -0.218. The molecule has 2 N–H and O–H groups in total. The van der Waals surface area contributed by atoms with Crippen LogP contribution < -0.4 is 10.6 Å². The number of carbonyl (C=O) groups excluding carboxylic acids is 2. The van der Waals surface area contributed by atoms with Crippen molar-refractivity contribution in [3.63, 3.8) is 0 Å². The van der Waals surface area contributed by atoms with Gasteiger partial charge in [-0.1, -0.05) is 50.9 Å². The van der Waals surface area contributed by atoms with Crippen molar-refractivity contribution in [2.45, 2.75) is 77.8 Å². The number of piperidine rings is 1. The van der Waals surface area contributed by atoms with Crippen molar-refractivity contribution >= 4 is 34.2 Å². The zero-order chi connectivity index (χ0) is 27.1. The van der Waals surface area contributed by atoms with Crippen LogP contribution in [0.4, 0.5) is 0 Å². The third kappa shape index (κ3) is 7.49. The molecule has 4 rings (SSSR count). The number of nitrogens with zero attached hydrogens (tertiary/aromatic N) is 2. The van der Waals surface area contributed by atoms with E-state index in [1.165, 1.54) is 19.3 Å². The molecule has 208 valence electrons. The summed E-state index contributed by atoms with van der Waals surface area (Å²) < 4.78 is 0. The van der Waals surface area contributed by atoms with Crippen molar-refractivity contribution < 1.29 is 9.59 Å². The average Bonchev–Trinajstić information content (AvgIpc) is 3.08. The fourth-order valence-corrected chi connectivity index (χ4v) is 5.89. The van der Waals surface area contributed by atoms with Gasteiger partial charge < -0.3 is 20.4 Å². The summed E-state index contributed by atoms with van der Waals surface area (Å²) in [4.78, 5) is 31.4. The van der Waals surface area contributed by atoms with Gasteiger partial charge >= 0.3 is 0 Å². The average molecular weight is 541 g/mol. The van der Waals surface area contributed by atoms with Crippen LogP contribution in [0.25, 0.3) is 10.8 Å². The van der Waals surface area contributed by atoms with Gasteiger partial charge in [0.25, 0.3) is 5.91 Å². The molecule has 2 saturated heterocycles. The number of fused-ring (bicyclic) bond motifs is 1. The van der Waals surface area contributed by atoms with Gasteiger partial charge in [-0.3, -0.25) is 9.59 Å². The van der Waals surface area contributed by atoms with Crippen molar-refractivity contribution in [1.29, 1.82) is 0 Å². The summed E-state index contributed by atoms with van der Waals surface area (Å²) in [7, 11) is 0. The molecule has 0 spiro atoms. The third-order valence-electron chi connectivity index (χ3n) is 8.83. The van der Waals surface area contributed by atoms with Crippen LogP contribution in [0, 0.1) is 5.41 Å². The van der Waals surface area contributed by atoms with E-state index < -0.39 is 0 Å². The highest BCUT2D eigenvalue weighted by molar-refractivity contribution is 6.31. The lowest BCUT2D eigenvalue weighted by Crippen LogP contribution is -2.51. The molecule has 2 fully saturated rings. The Hall–Kier alpha value is -2.15. The van der Waals surface area contributed by atoms with Gasteiger partial charge in [0.2, 0.25) is 5.91 Å². The topological polar surface area (TPSA) is 64.7 Å². The lowest BCUT2D eigenvalue weighted by molar-refractivity contribution is -0.134. The highest BCUT2D eigenvalue weighted by atomic mass is 35.5. The monoisotopic (exact) mass is 540 g/mol. The van der Waals surface area contributed by atoms with Crippen LogP contribution in [0.1, 0.15) is 76.1 Å². The molecule has 2 amide bonds. The van der Waals surface area contributed by atoms with Gasteiger partial charge in [-0.25, -0.2) is 0 Å².